The molecular weight excluding hydrogens is 324 g/mol. The Morgan fingerprint density at radius 2 is 1.65 bits per heavy atom. The summed E-state index contributed by atoms with van der Waals surface area (Å²) in [6.45, 7) is 1.86. The van der Waals surface area contributed by atoms with Gasteiger partial charge in [0.05, 0.1) is 12.6 Å². The summed E-state index contributed by atoms with van der Waals surface area (Å²) in [6, 6.07) is 20.1. The van der Waals surface area contributed by atoms with Crippen molar-refractivity contribution in [3.63, 3.8) is 0 Å². The average Bonchev–Trinajstić information content (AvgIpc) is 2.69. The molecule has 4 heteroatoms. The molecule has 138 valence electrons. The number of aliphatic hydroxyl groups is 1. The lowest BCUT2D eigenvalue weighted by molar-refractivity contribution is -0.131. The molecule has 0 unspecified atom stereocenters. The molecule has 26 heavy (non-hydrogen) atoms. The van der Waals surface area contributed by atoms with E-state index in [1.54, 1.807) is 0 Å². The third-order valence-corrected chi connectivity index (χ3v) is 5.29. The Balaban J connectivity index is 1.46. The fourth-order valence-corrected chi connectivity index (χ4v) is 3.63. The van der Waals surface area contributed by atoms with Crippen LogP contribution in [-0.4, -0.2) is 48.7 Å². The van der Waals surface area contributed by atoms with E-state index in [2.05, 4.69) is 12.1 Å². The second kappa shape index (κ2) is 8.86. The molecule has 0 aliphatic carbocycles. The molecule has 0 spiro atoms. The van der Waals surface area contributed by atoms with Crippen molar-refractivity contribution in [1.82, 2.24) is 4.90 Å². The van der Waals surface area contributed by atoms with Gasteiger partial charge >= 0.3 is 0 Å². The van der Waals surface area contributed by atoms with Crippen molar-refractivity contribution in [2.75, 3.05) is 31.6 Å². The van der Waals surface area contributed by atoms with Gasteiger partial charge in [0.25, 0.3) is 0 Å². The SMILES string of the molecule is CN(CC(=O)N1CCC([C@H](O)Cc2ccccc2)CC1)c1ccccc1. The maximum Gasteiger partial charge on any atom is 0.242 e. The number of aliphatic hydroxyl groups excluding tert-OH is 1. The van der Waals surface area contributed by atoms with Crippen molar-refractivity contribution in [2.45, 2.75) is 25.4 Å². The number of hydrogen-bond acceptors (Lipinski definition) is 3. The lowest BCUT2D eigenvalue weighted by Gasteiger charge is -2.35. The number of amides is 1. The molecule has 2 aromatic rings. The number of likely N-dealkylation sites (tertiary alicyclic amines) is 1. The van der Waals surface area contributed by atoms with Gasteiger partial charge in [-0.05, 0) is 42.9 Å². The molecule has 1 amide bonds. The van der Waals surface area contributed by atoms with Crippen molar-refractivity contribution < 1.29 is 9.90 Å². The molecule has 1 heterocycles. The number of benzene rings is 2. The van der Waals surface area contributed by atoms with Gasteiger partial charge in [0, 0.05) is 25.8 Å². The standard InChI is InChI=1S/C22H28N2O2/c1-23(20-10-6-3-7-11-20)17-22(26)24-14-12-19(13-15-24)21(25)16-18-8-4-2-5-9-18/h2-11,19,21,25H,12-17H2,1H3/t21-/m1/s1. The van der Waals surface area contributed by atoms with Crippen molar-refractivity contribution in [1.29, 1.82) is 0 Å². The number of hydrogen-bond donors (Lipinski definition) is 1. The molecule has 0 radical (unpaired) electrons. The van der Waals surface area contributed by atoms with Gasteiger partial charge in [-0.2, -0.15) is 0 Å². The number of para-hydroxylation sites is 1. The highest BCUT2D eigenvalue weighted by Gasteiger charge is 2.27. The largest absolute Gasteiger partial charge is 0.392 e. The van der Waals surface area contributed by atoms with Gasteiger partial charge in [-0.1, -0.05) is 48.5 Å². The van der Waals surface area contributed by atoms with E-state index in [0.29, 0.717) is 13.0 Å². The number of likely N-dealkylation sites (N-methyl/N-ethyl adjacent to an activating group) is 1. The predicted octanol–water partition coefficient (Wildman–Crippen LogP) is 2.97. The van der Waals surface area contributed by atoms with Crippen LogP contribution < -0.4 is 4.90 Å². The first kappa shape index (κ1) is 18.5. The molecule has 4 nitrogen and oxygen atoms in total. The first-order valence-electron chi connectivity index (χ1n) is 9.39. The molecule has 0 aromatic heterocycles. The van der Waals surface area contributed by atoms with E-state index in [1.807, 2.05) is 65.4 Å². The first-order valence-corrected chi connectivity index (χ1v) is 9.39. The van der Waals surface area contributed by atoms with Gasteiger partial charge in [-0.15, -0.1) is 0 Å². The van der Waals surface area contributed by atoms with Crippen LogP contribution >= 0.6 is 0 Å². The minimum Gasteiger partial charge on any atom is -0.392 e. The quantitative estimate of drug-likeness (QED) is 0.869. The van der Waals surface area contributed by atoms with E-state index >= 15 is 0 Å². The molecule has 2 aromatic carbocycles. The molecule has 1 atom stereocenters. The lowest BCUT2D eigenvalue weighted by atomic mass is 9.88. The number of piperidine rings is 1. The van der Waals surface area contributed by atoms with Crippen LogP contribution in [0.2, 0.25) is 0 Å². The van der Waals surface area contributed by atoms with E-state index in [9.17, 15) is 9.90 Å². The minimum absolute atomic E-state index is 0.160. The zero-order chi connectivity index (χ0) is 18.4. The highest BCUT2D eigenvalue weighted by molar-refractivity contribution is 5.81. The fourth-order valence-electron chi connectivity index (χ4n) is 3.63. The smallest absolute Gasteiger partial charge is 0.242 e. The third kappa shape index (κ3) is 4.85. The van der Waals surface area contributed by atoms with Crippen LogP contribution in [0.1, 0.15) is 18.4 Å². The molecule has 1 saturated heterocycles. The number of rotatable bonds is 6. The molecule has 1 fully saturated rings. The van der Waals surface area contributed by atoms with E-state index in [-0.39, 0.29) is 17.9 Å². The maximum absolute atomic E-state index is 12.6. The molecule has 1 aliphatic rings. The van der Waals surface area contributed by atoms with Crippen LogP contribution in [0.5, 0.6) is 0 Å². The van der Waals surface area contributed by atoms with Crippen molar-refractivity contribution in [3.05, 3.63) is 66.2 Å². The van der Waals surface area contributed by atoms with Crippen LogP contribution in [0.4, 0.5) is 5.69 Å². The summed E-state index contributed by atoms with van der Waals surface area (Å²) in [7, 11) is 1.95. The summed E-state index contributed by atoms with van der Waals surface area (Å²) in [5.41, 5.74) is 2.22. The topological polar surface area (TPSA) is 43.8 Å². The second-order valence-corrected chi connectivity index (χ2v) is 7.17. The van der Waals surface area contributed by atoms with Crippen molar-refractivity contribution >= 4 is 11.6 Å². The Morgan fingerprint density at radius 3 is 2.27 bits per heavy atom. The highest BCUT2D eigenvalue weighted by Crippen LogP contribution is 2.23. The lowest BCUT2D eigenvalue weighted by Crippen LogP contribution is -2.45. The number of anilines is 1. The minimum atomic E-state index is -0.332. The first-order chi connectivity index (χ1) is 12.6. The molecule has 1 N–H and O–H groups in total. The Morgan fingerprint density at radius 1 is 1.08 bits per heavy atom. The van der Waals surface area contributed by atoms with Crippen molar-refractivity contribution in [3.8, 4) is 0 Å². The molecule has 1 aliphatic heterocycles. The monoisotopic (exact) mass is 352 g/mol. The van der Waals surface area contributed by atoms with Gasteiger partial charge in [-0.25, -0.2) is 0 Å². The van der Waals surface area contributed by atoms with Crippen LogP contribution in [-0.2, 0) is 11.2 Å². The van der Waals surface area contributed by atoms with E-state index in [4.69, 9.17) is 0 Å². The fraction of sp³-hybridized carbons (Fsp3) is 0.409. The summed E-state index contributed by atoms with van der Waals surface area (Å²) in [4.78, 5) is 16.5. The van der Waals surface area contributed by atoms with Crippen LogP contribution in [0.25, 0.3) is 0 Å². The van der Waals surface area contributed by atoms with Gasteiger partial charge in [-0.3, -0.25) is 4.79 Å². The van der Waals surface area contributed by atoms with Gasteiger partial charge in [0.15, 0.2) is 0 Å². The highest BCUT2D eigenvalue weighted by atomic mass is 16.3. The summed E-state index contributed by atoms with van der Waals surface area (Å²) < 4.78 is 0. The predicted molar refractivity (Wildman–Crippen MR) is 105 cm³/mol. The Labute approximate surface area is 156 Å². The summed E-state index contributed by atoms with van der Waals surface area (Å²) in [5, 5.41) is 10.5. The van der Waals surface area contributed by atoms with Crippen molar-refractivity contribution in [2.24, 2.45) is 5.92 Å². The average molecular weight is 352 g/mol. The Hall–Kier alpha value is -2.33. The third-order valence-electron chi connectivity index (χ3n) is 5.29. The molecular formula is C22H28N2O2. The summed E-state index contributed by atoms with van der Waals surface area (Å²) in [5.74, 6) is 0.429. The zero-order valence-corrected chi connectivity index (χ0v) is 15.4. The zero-order valence-electron chi connectivity index (χ0n) is 15.4. The molecule has 3 rings (SSSR count). The number of nitrogens with zero attached hydrogens (tertiary/aromatic N) is 2. The number of carbonyl (C=O) groups excluding carboxylic acids is 1. The summed E-state index contributed by atoms with van der Waals surface area (Å²) in [6.07, 6.45) is 2.10. The van der Waals surface area contributed by atoms with Crippen LogP contribution in [0.15, 0.2) is 60.7 Å². The van der Waals surface area contributed by atoms with E-state index in [1.165, 1.54) is 5.56 Å². The van der Waals surface area contributed by atoms with Crippen LogP contribution in [0.3, 0.4) is 0 Å². The maximum atomic E-state index is 12.6. The van der Waals surface area contributed by atoms with Gasteiger partial charge in [0.1, 0.15) is 0 Å². The van der Waals surface area contributed by atoms with Gasteiger partial charge < -0.3 is 14.9 Å². The normalized spacial score (nSPS) is 16.3. The Kier molecular flexibility index (Phi) is 6.29. The van der Waals surface area contributed by atoms with Gasteiger partial charge in [0.2, 0.25) is 5.91 Å². The Bertz CT molecular complexity index is 682. The van der Waals surface area contributed by atoms with E-state index in [0.717, 1.165) is 31.6 Å². The summed E-state index contributed by atoms with van der Waals surface area (Å²) >= 11 is 0. The second-order valence-electron chi connectivity index (χ2n) is 7.17. The molecule has 0 bridgehead atoms. The number of carbonyl (C=O) groups is 1. The van der Waals surface area contributed by atoms with E-state index < -0.39 is 0 Å². The van der Waals surface area contributed by atoms with Crippen LogP contribution in [0, 0.1) is 5.92 Å². The molecule has 0 saturated carbocycles.